The van der Waals surface area contributed by atoms with E-state index in [0.717, 1.165) is 12.8 Å². The predicted octanol–water partition coefficient (Wildman–Crippen LogP) is 0.262. The number of hydrogen-bond donors (Lipinski definition) is 3. The van der Waals surface area contributed by atoms with Gasteiger partial charge in [0.15, 0.2) is 0 Å². The molecule has 0 aromatic carbocycles. The van der Waals surface area contributed by atoms with Crippen LogP contribution >= 0.6 is 0 Å². The van der Waals surface area contributed by atoms with E-state index in [-0.39, 0.29) is 6.04 Å². The Kier molecular flexibility index (Phi) is 5.65. The highest BCUT2D eigenvalue weighted by Gasteiger charge is 2.27. The van der Waals surface area contributed by atoms with E-state index in [2.05, 4.69) is 10.6 Å². The van der Waals surface area contributed by atoms with Crippen molar-refractivity contribution in [3.05, 3.63) is 0 Å². The Morgan fingerprint density at radius 1 is 1.40 bits per heavy atom. The Bertz CT molecular complexity index is 181. The zero-order valence-corrected chi connectivity index (χ0v) is 9.41. The van der Waals surface area contributed by atoms with Gasteiger partial charge in [-0.2, -0.15) is 0 Å². The Balaban J connectivity index is 2.44. The first-order valence-electron chi connectivity index (χ1n) is 5.82. The topological polar surface area (TPSA) is 61.4 Å². The lowest BCUT2D eigenvalue weighted by atomic mass is 9.82. The third kappa shape index (κ3) is 3.80. The standard InChI is InChI=1S/C11H22N2O2/c1-12-7-10(13-8-14)11(15)9-5-3-2-4-6-9/h8-12,15H,2-7H2,1H3,(H,13,14). The zero-order chi connectivity index (χ0) is 11.1. The van der Waals surface area contributed by atoms with Crippen LogP contribution in [0.15, 0.2) is 0 Å². The third-order valence-corrected chi connectivity index (χ3v) is 3.25. The lowest BCUT2D eigenvalue weighted by Crippen LogP contribution is -2.49. The molecule has 0 aromatic rings. The van der Waals surface area contributed by atoms with Crippen LogP contribution in [0.25, 0.3) is 0 Å². The fourth-order valence-electron chi connectivity index (χ4n) is 2.39. The van der Waals surface area contributed by atoms with Gasteiger partial charge in [-0.3, -0.25) is 4.79 Å². The molecular formula is C11H22N2O2. The Morgan fingerprint density at radius 3 is 2.60 bits per heavy atom. The summed E-state index contributed by atoms with van der Waals surface area (Å²) in [6.45, 7) is 0.621. The first-order chi connectivity index (χ1) is 7.29. The van der Waals surface area contributed by atoms with Crippen molar-refractivity contribution in [1.29, 1.82) is 0 Å². The fraction of sp³-hybridized carbons (Fsp3) is 0.909. The maximum Gasteiger partial charge on any atom is 0.207 e. The molecule has 2 atom stereocenters. The Labute approximate surface area is 91.4 Å². The van der Waals surface area contributed by atoms with Crippen LogP contribution in [0.2, 0.25) is 0 Å². The minimum absolute atomic E-state index is 0.157. The van der Waals surface area contributed by atoms with Crippen molar-refractivity contribution in [2.24, 2.45) is 5.92 Å². The molecule has 1 amide bonds. The van der Waals surface area contributed by atoms with Crippen LogP contribution in [-0.2, 0) is 4.79 Å². The first kappa shape index (κ1) is 12.5. The largest absolute Gasteiger partial charge is 0.391 e. The third-order valence-electron chi connectivity index (χ3n) is 3.25. The minimum atomic E-state index is -0.414. The summed E-state index contributed by atoms with van der Waals surface area (Å²) in [5.74, 6) is 0.351. The highest BCUT2D eigenvalue weighted by molar-refractivity contribution is 5.46. The molecule has 4 nitrogen and oxygen atoms in total. The molecule has 0 aliphatic heterocycles. The fourth-order valence-corrected chi connectivity index (χ4v) is 2.39. The molecule has 1 saturated carbocycles. The summed E-state index contributed by atoms with van der Waals surface area (Å²) < 4.78 is 0. The van der Waals surface area contributed by atoms with Crippen LogP contribution in [0.1, 0.15) is 32.1 Å². The smallest absolute Gasteiger partial charge is 0.207 e. The van der Waals surface area contributed by atoms with Crippen LogP contribution in [0, 0.1) is 5.92 Å². The summed E-state index contributed by atoms with van der Waals surface area (Å²) in [6, 6.07) is -0.157. The summed E-state index contributed by atoms with van der Waals surface area (Å²) in [5, 5.41) is 15.8. The lowest BCUT2D eigenvalue weighted by Gasteiger charge is -2.31. The quantitative estimate of drug-likeness (QED) is 0.556. The summed E-state index contributed by atoms with van der Waals surface area (Å²) in [4.78, 5) is 10.4. The number of rotatable bonds is 6. The van der Waals surface area contributed by atoms with Gasteiger partial charge in [0, 0.05) is 6.54 Å². The van der Waals surface area contributed by atoms with E-state index in [4.69, 9.17) is 0 Å². The van der Waals surface area contributed by atoms with Crippen molar-refractivity contribution in [1.82, 2.24) is 10.6 Å². The number of nitrogens with one attached hydrogen (secondary N) is 2. The van der Waals surface area contributed by atoms with Crippen LogP contribution in [-0.4, -0.2) is 37.3 Å². The summed E-state index contributed by atoms with van der Waals surface area (Å²) >= 11 is 0. The second-order valence-electron chi connectivity index (χ2n) is 4.34. The molecular weight excluding hydrogens is 192 g/mol. The summed E-state index contributed by atoms with van der Waals surface area (Å²) in [6.07, 6.45) is 6.12. The van der Waals surface area contributed by atoms with E-state index < -0.39 is 6.10 Å². The normalized spacial score (nSPS) is 22.0. The van der Waals surface area contributed by atoms with E-state index in [0.29, 0.717) is 18.9 Å². The molecule has 88 valence electrons. The van der Waals surface area contributed by atoms with Crippen LogP contribution < -0.4 is 10.6 Å². The molecule has 1 fully saturated rings. The molecule has 0 heterocycles. The number of aliphatic hydroxyl groups excluding tert-OH is 1. The number of carbonyl (C=O) groups is 1. The highest BCUT2D eigenvalue weighted by atomic mass is 16.3. The van der Waals surface area contributed by atoms with E-state index in [1.807, 2.05) is 7.05 Å². The van der Waals surface area contributed by atoms with Crippen molar-refractivity contribution < 1.29 is 9.90 Å². The lowest BCUT2D eigenvalue weighted by molar-refractivity contribution is -0.111. The van der Waals surface area contributed by atoms with Crippen LogP contribution in [0.3, 0.4) is 0 Å². The molecule has 2 unspecified atom stereocenters. The van der Waals surface area contributed by atoms with Crippen molar-refractivity contribution in [3.8, 4) is 0 Å². The van der Waals surface area contributed by atoms with Crippen molar-refractivity contribution in [3.63, 3.8) is 0 Å². The van der Waals surface area contributed by atoms with E-state index in [9.17, 15) is 9.90 Å². The van der Waals surface area contributed by atoms with Gasteiger partial charge in [-0.15, -0.1) is 0 Å². The van der Waals surface area contributed by atoms with Gasteiger partial charge in [-0.1, -0.05) is 19.3 Å². The number of aliphatic hydroxyl groups is 1. The molecule has 1 rings (SSSR count). The number of hydrogen-bond acceptors (Lipinski definition) is 3. The maximum absolute atomic E-state index is 10.4. The number of likely N-dealkylation sites (N-methyl/N-ethyl adjacent to an activating group) is 1. The molecule has 3 N–H and O–H groups in total. The molecule has 0 aromatic heterocycles. The van der Waals surface area contributed by atoms with Crippen molar-refractivity contribution >= 4 is 6.41 Å². The maximum atomic E-state index is 10.4. The average molecular weight is 214 g/mol. The number of carbonyl (C=O) groups excluding carboxylic acids is 1. The van der Waals surface area contributed by atoms with Crippen molar-refractivity contribution in [2.75, 3.05) is 13.6 Å². The molecule has 15 heavy (non-hydrogen) atoms. The predicted molar refractivity (Wildman–Crippen MR) is 59.5 cm³/mol. The SMILES string of the molecule is CNCC(NC=O)C(O)C1CCCCC1. The monoisotopic (exact) mass is 214 g/mol. The van der Waals surface area contributed by atoms with Gasteiger partial charge in [-0.25, -0.2) is 0 Å². The Hall–Kier alpha value is -0.610. The van der Waals surface area contributed by atoms with Gasteiger partial charge < -0.3 is 15.7 Å². The average Bonchev–Trinajstić information content (AvgIpc) is 2.29. The number of amides is 1. The van der Waals surface area contributed by atoms with Crippen molar-refractivity contribution in [2.45, 2.75) is 44.2 Å². The van der Waals surface area contributed by atoms with Crippen LogP contribution in [0.5, 0.6) is 0 Å². The minimum Gasteiger partial charge on any atom is -0.391 e. The molecule has 0 radical (unpaired) electrons. The van der Waals surface area contributed by atoms with Gasteiger partial charge >= 0.3 is 0 Å². The summed E-state index contributed by atoms with van der Waals surface area (Å²) in [7, 11) is 1.83. The van der Waals surface area contributed by atoms with Crippen LogP contribution in [0.4, 0.5) is 0 Å². The van der Waals surface area contributed by atoms with Gasteiger partial charge in [-0.05, 0) is 25.8 Å². The Morgan fingerprint density at radius 2 is 2.07 bits per heavy atom. The molecule has 0 saturated heterocycles. The molecule has 4 heteroatoms. The van der Waals surface area contributed by atoms with Gasteiger partial charge in [0.25, 0.3) is 0 Å². The molecule has 0 bridgehead atoms. The first-order valence-corrected chi connectivity index (χ1v) is 5.82. The molecule has 1 aliphatic rings. The van der Waals surface area contributed by atoms with E-state index >= 15 is 0 Å². The highest BCUT2D eigenvalue weighted by Crippen LogP contribution is 2.27. The summed E-state index contributed by atoms with van der Waals surface area (Å²) in [5.41, 5.74) is 0. The van der Waals surface area contributed by atoms with Gasteiger partial charge in [0.05, 0.1) is 12.1 Å². The van der Waals surface area contributed by atoms with Gasteiger partial charge in [0.2, 0.25) is 6.41 Å². The second kappa shape index (κ2) is 6.80. The molecule has 1 aliphatic carbocycles. The zero-order valence-electron chi connectivity index (χ0n) is 9.41. The van der Waals surface area contributed by atoms with E-state index in [1.165, 1.54) is 19.3 Å². The van der Waals surface area contributed by atoms with E-state index in [1.54, 1.807) is 0 Å². The van der Waals surface area contributed by atoms with Gasteiger partial charge in [0.1, 0.15) is 0 Å². The second-order valence-corrected chi connectivity index (χ2v) is 4.34. The molecule has 0 spiro atoms.